The van der Waals surface area contributed by atoms with Gasteiger partial charge in [0.2, 0.25) is 5.91 Å². The molecule has 0 saturated carbocycles. The van der Waals surface area contributed by atoms with Gasteiger partial charge in [0, 0.05) is 49.4 Å². The van der Waals surface area contributed by atoms with Crippen LogP contribution < -0.4 is 9.80 Å². The predicted molar refractivity (Wildman–Crippen MR) is 112 cm³/mol. The molecule has 2 aliphatic rings. The molecule has 1 fully saturated rings. The number of nitrogens with zero attached hydrogens (tertiary/aromatic N) is 4. The van der Waals surface area contributed by atoms with E-state index in [2.05, 4.69) is 16.5 Å². The Morgan fingerprint density at radius 2 is 2.00 bits per heavy atom. The second-order valence-electron chi connectivity index (χ2n) is 6.73. The van der Waals surface area contributed by atoms with E-state index in [9.17, 15) is 9.59 Å². The number of hydrogen-bond donors (Lipinski definition) is 0. The van der Waals surface area contributed by atoms with Gasteiger partial charge in [-0.2, -0.15) is 0 Å². The van der Waals surface area contributed by atoms with Gasteiger partial charge in [-0.25, -0.2) is 4.98 Å². The molecule has 2 aromatic rings. The summed E-state index contributed by atoms with van der Waals surface area (Å²) in [5.41, 5.74) is 1.42. The van der Waals surface area contributed by atoms with Crippen LogP contribution in [0, 0.1) is 0 Å². The number of amides is 2. The zero-order chi connectivity index (χ0) is 19.5. The van der Waals surface area contributed by atoms with Crippen LogP contribution in [0.25, 0.3) is 0 Å². The summed E-state index contributed by atoms with van der Waals surface area (Å²) in [5.74, 6) is 1.42. The number of thioether (sulfide) groups is 1. The first kappa shape index (κ1) is 18.6. The molecule has 1 aromatic heterocycles. The van der Waals surface area contributed by atoms with Crippen molar-refractivity contribution in [2.24, 2.45) is 0 Å². The van der Waals surface area contributed by atoms with Crippen LogP contribution in [0.3, 0.4) is 0 Å². The van der Waals surface area contributed by atoms with Gasteiger partial charge in [0.1, 0.15) is 5.82 Å². The molecule has 0 unspecified atom stereocenters. The zero-order valence-corrected chi connectivity index (χ0v) is 16.4. The van der Waals surface area contributed by atoms with E-state index in [0.29, 0.717) is 31.0 Å². The third kappa shape index (κ3) is 3.62. The van der Waals surface area contributed by atoms with Gasteiger partial charge in [-0.15, -0.1) is 18.3 Å². The number of pyridine rings is 1. The number of benzene rings is 1. The lowest BCUT2D eigenvalue weighted by atomic mass is 10.1. The van der Waals surface area contributed by atoms with E-state index in [1.165, 1.54) is 11.8 Å². The summed E-state index contributed by atoms with van der Waals surface area (Å²) in [6.07, 6.45) is 3.50. The largest absolute Gasteiger partial charge is 0.353 e. The molecule has 2 aliphatic heterocycles. The van der Waals surface area contributed by atoms with E-state index in [1.54, 1.807) is 17.2 Å². The van der Waals surface area contributed by atoms with Gasteiger partial charge in [0.15, 0.2) is 0 Å². The maximum absolute atomic E-state index is 13.0. The topological polar surface area (TPSA) is 56.8 Å². The first-order chi connectivity index (χ1) is 13.7. The van der Waals surface area contributed by atoms with E-state index in [1.807, 2.05) is 41.3 Å². The zero-order valence-electron chi connectivity index (χ0n) is 15.6. The lowest BCUT2D eigenvalue weighted by Gasteiger charge is -2.35. The lowest BCUT2D eigenvalue weighted by molar-refractivity contribution is -0.116. The van der Waals surface area contributed by atoms with Crippen molar-refractivity contribution in [2.75, 3.05) is 48.3 Å². The molecule has 7 heteroatoms. The monoisotopic (exact) mass is 394 g/mol. The predicted octanol–water partition coefficient (Wildman–Crippen LogP) is 2.67. The number of anilines is 2. The molecule has 1 saturated heterocycles. The molecule has 4 rings (SSSR count). The van der Waals surface area contributed by atoms with Crippen molar-refractivity contribution in [1.82, 2.24) is 9.88 Å². The SMILES string of the molecule is C=CCN1C(=O)CSc2ccc(C(=O)N3CCN(c4ccccn4)CC3)cc21. The highest BCUT2D eigenvalue weighted by molar-refractivity contribution is 8.00. The second kappa shape index (κ2) is 8.06. The van der Waals surface area contributed by atoms with Gasteiger partial charge in [-0.3, -0.25) is 9.59 Å². The van der Waals surface area contributed by atoms with Crippen molar-refractivity contribution < 1.29 is 9.59 Å². The number of fused-ring (bicyclic) bond motifs is 1. The van der Waals surface area contributed by atoms with Gasteiger partial charge in [-0.1, -0.05) is 12.1 Å². The molecule has 1 aromatic carbocycles. The second-order valence-corrected chi connectivity index (χ2v) is 7.75. The molecule has 28 heavy (non-hydrogen) atoms. The first-order valence-corrected chi connectivity index (χ1v) is 10.3. The average molecular weight is 395 g/mol. The van der Waals surface area contributed by atoms with Gasteiger partial charge in [0.25, 0.3) is 5.91 Å². The summed E-state index contributed by atoms with van der Waals surface area (Å²) < 4.78 is 0. The van der Waals surface area contributed by atoms with E-state index < -0.39 is 0 Å². The van der Waals surface area contributed by atoms with Crippen LogP contribution in [-0.2, 0) is 4.79 Å². The highest BCUT2D eigenvalue weighted by Gasteiger charge is 2.27. The Morgan fingerprint density at radius 3 is 2.71 bits per heavy atom. The van der Waals surface area contributed by atoms with Crippen LogP contribution >= 0.6 is 11.8 Å². The summed E-state index contributed by atoms with van der Waals surface area (Å²) in [7, 11) is 0. The molecule has 2 amide bonds. The minimum absolute atomic E-state index is 0.00467. The molecule has 0 N–H and O–H groups in total. The van der Waals surface area contributed by atoms with E-state index in [0.717, 1.165) is 29.5 Å². The van der Waals surface area contributed by atoms with Crippen LogP contribution in [0.2, 0.25) is 0 Å². The summed E-state index contributed by atoms with van der Waals surface area (Å²) in [5, 5.41) is 0. The van der Waals surface area contributed by atoms with Crippen molar-refractivity contribution in [3.05, 3.63) is 60.8 Å². The van der Waals surface area contributed by atoms with Gasteiger partial charge >= 0.3 is 0 Å². The quantitative estimate of drug-likeness (QED) is 0.747. The third-order valence-corrected chi connectivity index (χ3v) is 6.05. The lowest BCUT2D eigenvalue weighted by Crippen LogP contribution is -2.49. The minimum atomic E-state index is 0.00467. The minimum Gasteiger partial charge on any atom is -0.353 e. The Kier molecular flexibility index (Phi) is 5.34. The van der Waals surface area contributed by atoms with Gasteiger partial charge < -0.3 is 14.7 Å². The van der Waals surface area contributed by atoms with Crippen molar-refractivity contribution in [2.45, 2.75) is 4.90 Å². The molecule has 0 radical (unpaired) electrons. The molecule has 0 atom stereocenters. The number of rotatable bonds is 4. The number of carbonyl (C=O) groups excluding carboxylic acids is 2. The van der Waals surface area contributed by atoms with Crippen LogP contribution in [-0.4, -0.2) is 60.2 Å². The Hall–Kier alpha value is -2.80. The summed E-state index contributed by atoms with van der Waals surface area (Å²) >= 11 is 1.52. The van der Waals surface area contributed by atoms with Crippen LogP contribution in [0.4, 0.5) is 11.5 Å². The van der Waals surface area contributed by atoms with Crippen LogP contribution in [0.5, 0.6) is 0 Å². The summed E-state index contributed by atoms with van der Waals surface area (Å²) in [6.45, 7) is 7.00. The fraction of sp³-hybridized carbons (Fsp3) is 0.286. The van der Waals surface area contributed by atoms with E-state index >= 15 is 0 Å². The Balaban J connectivity index is 1.49. The highest BCUT2D eigenvalue weighted by Crippen LogP contribution is 2.36. The molecule has 0 aliphatic carbocycles. The molecule has 0 spiro atoms. The fourth-order valence-electron chi connectivity index (χ4n) is 3.53. The standard InChI is InChI=1S/C21H22N4O2S/c1-2-9-25-17-14-16(6-7-18(17)28-15-20(25)26)21(27)24-12-10-23(11-13-24)19-5-3-4-8-22-19/h2-8,14H,1,9-13,15H2. The first-order valence-electron chi connectivity index (χ1n) is 9.31. The summed E-state index contributed by atoms with van der Waals surface area (Å²) in [4.78, 5) is 36.5. The molecule has 144 valence electrons. The number of piperazine rings is 1. The Bertz CT molecular complexity index is 895. The molecule has 6 nitrogen and oxygen atoms in total. The van der Waals surface area contributed by atoms with Crippen molar-refractivity contribution in [1.29, 1.82) is 0 Å². The van der Waals surface area contributed by atoms with Gasteiger partial charge in [0.05, 0.1) is 11.4 Å². The molecular weight excluding hydrogens is 372 g/mol. The van der Waals surface area contributed by atoms with E-state index in [4.69, 9.17) is 0 Å². The average Bonchev–Trinajstić information content (AvgIpc) is 2.76. The van der Waals surface area contributed by atoms with Gasteiger partial charge in [-0.05, 0) is 30.3 Å². The number of hydrogen-bond acceptors (Lipinski definition) is 5. The fourth-order valence-corrected chi connectivity index (χ4v) is 4.44. The molecule has 0 bridgehead atoms. The van der Waals surface area contributed by atoms with Crippen molar-refractivity contribution in [3.8, 4) is 0 Å². The van der Waals surface area contributed by atoms with Crippen molar-refractivity contribution >= 4 is 35.1 Å². The highest BCUT2D eigenvalue weighted by atomic mass is 32.2. The molecule has 3 heterocycles. The maximum Gasteiger partial charge on any atom is 0.254 e. The third-order valence-electron chi connectivity index (χ3n) is 5.00. The molecular formula is C21H22N4O2S. The van der Waals surface area contributed by atoms with Crippen LogP contribution in [0.15, 0.2) is 60.1 Å². The smallest absolute Gasteiger partial charge is 0.254 e. The van der Waals surface area contributed by atoms with E-state index in [-0.39, 0.29) is 11.8 Å². The Labute approximate surface area is 168 Å². The number of aromatic nitrogens is 1. The normalized spacial score (nSPS) is 16.7. The van der Waals surface area contributed by atoms with Crippen LogP contribution in [0.1, 0.15) is 10.4 Å². The van der Waals surface area contributed by atoms with Crippen molar-refractivity contribution in [3.63, 3.8) is 0 Å². The summed E-state index contributed by atoms with van der Waals surface area (Å²) in [6, 6.07) is 11.5. The number of carbonyl (C=O) groups is 2. The maximum atomic E-state index is 13.0. The Morgan fingerprint density at radius 1 is 1.18 bits per heavy atom.